The zero-order valence-electron chi connectivity index (χ0n) is 15.8. The van der Waals surface area contributed by atoms with Crippen molar-refractivity contribution in [1.82, 2.24) is 5.32 Å². The Morgan fingerprint density at radius 2 is 1.70 bits per heavy atom. The Balaban J connectivity index is 2.17. The molecule has 1 unspecified atom stereocenters. The molecule has 1 aliphatic carbocycles. The van der Waals surface area contributed by atoms with Gasteiger partial charge in [-0.2, -0.15) is 0 Å². The minimum absolute atomic E-state index is 0.0665. The van der Waals surface area contributed by atoms with Crippen molar-refractivity contribution < 1.29 is 22.7 Å². The number of hydrogen-bond acceptors (Lipinski definition) is 5. The van der Waals surface area contributed by atoms with Crippen LogP contribution >= 0.6 is 15.9 Å². The molecule has 1 aliphatic rings. The van der Waals surface area contributed by atoms with Crippen LogP contribution in [0.2, 0.25) is 0 Å². The Morgan fingerprint density at radius 1 is 1.15 bits per heavy atom. The van der Waals surface area contributed by atoms with E-state index in [9.17, 15) is 18.0 Å². The summed E-state index contributed by atoms with van der Waals surface area (Å²) >= 11 is 3.28. The molecule has 1 aromatic carbocycles. The molecule has 8 heteroatoms. The molecule has 0 spiro atoms. The average molecular weight is 460 g/mol. The molecule has 1 fully saturated rings. The second-order valence-electron chi connectivity index (χ2n) is 7.34. The lowest BCUT2D eigenvalue weighted by Crippen LogP contribution is -2.47. The first kappa shape index (κ1) is 21.9. The van der Waals surface area contributed by atoms with Crippen LogP contribution in [0, 0.1) is 5.92 Å². The Morgan fingerprint density at radius 3 is 2.22 bits per heavy atom. The molecule has 0 aromatic heterocycles. The highest BCUT2D eigenvalue weighted by Gasteiger charge is 2.54. The summed E-state index contributed by atoms with van der Waals surface area (Å²) in [5.74, 6) is -1.03. The fourth-order valence-corrected chi connectivity index (χ4v) is 5.41. The Labute approximate surface area is 169 Å². The summed E-state index contributed by atoms with van der Waals surface area (Å²) in [7, 11) is -3.93. The Hall–Kier alpha value is -1.41. The van der Waals surface area contributed by atoms with Gasteiger partial charge >= 0.3 is 5.97 Å². The molecule has 6 nitrogen and oxygen atoms in total. The van der Waals surface area contributed by atoms with Gasteiger partial charge in [0.1, 0.15) is 0 Å². The third kappa shape index (κ3) is 4.71. The molecule has 27 heavy (non-hydrogen) atoms. The van der Waals surface area contributed by atoms with E-state index in [1.54, 1.807) is 12.1 Å². The van der Waals surface area contributed by atoms with E-state index in [0.29, 0.717) is 12.8 Å². The van der Waals surface area contributed by atoms with Crippen molar-refractivity contribution in [1.29, 1.82) is 0 Å². The molecule has 1 amide bonds. The van der Waals surface area contributed by atoms with E-state index in [0.717, 1.165) is 4.47 Å². The van der Waals surface area contributed by atoms with Gasteiger partial charge in [0.05, 0.1) is 4.90 Å². The standard InChI is InChI=1S/C19H26BrNO5S/c1-13(2)14(3)21-17(22)12-26-18(23)19(10-4-5-11-19)27(24,25)16-8-6-15(20)7-9-16/h6-9,13-14H,4-5,10-12H2,1-3H3,(H,21,22). The number of nitrogens with one attached hydrogen (secondary N) is 1. The molecule has 0 radical (unpaired) electrons. The van der Waals surface area contributed by atoms with Crippen LogP contribution in [0.3, 0.4) is 0 Å². The summed E-state index contributed by atoms with van der Waals surface area (Å²) in [4.78, 5) is 24.9. The van der Waals surface area contributed by atoms with Crippen molar-refractivity contribution in [2.24, 2.45) is 5.92 Å². The molecule has 2 rings (SSSR count). The molecule has 0 saturated heterocycles. The summed E-state index contributed by atoms with van der Waals surface area (Å²) in [5, 5.41) is 2.74. The molecule has 0 heterocycles. The molecular weight excluding hydrogens is 434 g/mol. The average Bonchev–Trinajstić information content (AvgIpc) is 3.11. The number of benzene rings is 1. The van der Waals surface area contributed by atoms with Crippen LogP contribution in [0.5, 0.6) is 0 Å². The first-order valence-electron chi connectivity index (χ1n) is 9.07. The second-order valence-corrected chi connectivity index (χ2v) is 10.5. The molecule has 1 aromatic rings. The van der Waals surface area contributed by atoms with Gasteiger partial charge in [-0.05, 0) is 49.9 Å². The fraction of sp³-hybridized carbons (Fsp3) is 0.579. The molecule has 0 bridgehead atoms. The number of amides is 1. The van der Waals surface area contributed by atoms with Crippen molar-refractivity contribution in [2.45, 2.75) is 62.1 Å². The van der Waals surface area contributed by atoms with Gasteiger partial charge in [-0.1, -0.05) is 42.6 Å². The first-order chi connectivity index (χ1) is 12.6. The monoisotopic (exact) mass is 459 g/mol. The van der Waals surface area contributed by atoms with Crippen molar-refractivity contribution in [3.63, 3.8) is 0 Å². The molecule has 1 N–H and O–H groups in total. The van der Waals surface area contributed by atoms with E-state index < -0.39 is 33.1 Å². The largest absolute Gasteiger partial charge is 0.454 e. The van der Waals surface area contributed by atoms with Crippen molar-refractivity contribution in [3.05, 3.63) is 28.7 Å². The highest BCUT2D eigenvalue weighted by Crippen LogP contribution is 2.41. The highest BCUT2D eigenvalue weighted by atomic mass is 79.9. The third-order valence-corrected chi connectivity index (χ3v) is 8.17. The molecule has 1 saturated carbocycles. The van der Waals surface area contributed by atoms with Crippen LogP contribution in [0.4, 0.5) is 0 Å². The minimum Gasteiger partial charge on any atom is -0.454 e. The zero-order valence-corrected chi connectivity index (χ0v) is 18.2. The maximum Gasteiger partial charge on any atom is 0.328 e. The minimum atomic E-state index is -3.93. The van der Waals surface area contributed by atoms with E-state index in [2.05, 4.69) is 21.2 Å². The number of carbonyl (C=O) groups is 2. The van der Waals surface area contributed by atoms with Gasteiger partial charge in [0.25, 0.3) is 5.91 Å². The number of sulfone groups is 1. The quantitative estimate of drug-likeness (QED) is 0.631. The number of carbonyl (C=O) groups excluding carboxylic acids is 2. The van der Waals surface area contributed by atoms with Crippen molar-refractivity contribution in [2.75, 3.05) is 6.61 Å². The number of esters is 1. The highest BCUT2D eigenvalue weighted by molar-refractivity contribution is 9.10. The number of rotatable bonds is 7. The van der Waals surface area contributed by atoms with Crippen LogP contribution in [-0.2, 0) is 24.2 Å². The van der Waals surface area contributed by atoms with Crippen LogP contribution in [-0.4, -0.2) is 37.7 Å². The van der Waals surface area contributed by atoms with E-state index in [4.69, 9.17) is 4.74 Å². The van der Waals surface area contributed by atoms with Gasteiger partial charge < -0.3 is 10.1 Å². The molecular formula is C19H26BrNO5S. The predicted octanol–water partition coefficient (Wildman–Crippen LogP) is 3.24. The summed E-state index contributed by atoms with van der Waals surface area (Å²) in [5.41, 5.74) is 0. The van der Waals surface area contributed by atoms with Crippen LogP contribution in [0.15, 0.2) is 33.6 Å². The summed E-state index contributed by atoms with van der Waals surface area (Å²) in [6.45, 7) is 5.32. The number of ether oxygens (including phenoxy) is 1. The predicted molar refractivity (Wildman–Crippen MR) is 106 cm³/mol. The topological polar surface area (TPSA) is 89.5 Å². The fourth-order valence-electron chi connectivity index (χ4n) is 3.09. The van der Waals surface area contributed by atoms with Gasteiger partial charge in [0.2, 0.25) is 0 Å². The van der Waals surface area contributed by atoms with Gasteiger partial charge in [-0.15, -0.1) is 0 Å². The summed E-state index contributed by atoms with van der Waals surface area (Å²) in [6.07, 6.45) is 1.66. The third-order valence-electron chi connectivity index (χ3n) is 5.14. The van der Waals surface area contributed by atoms with Gasteiger partial charge in [-0.3, -0.25) is 9.59 Å². The number of halogens is 1. The number of hydrogen-bond donors (Lipinski definition) is 1. The van der Waals surface area contributed by atoms with Gasteiger partial charge in [0, 0.05) is 10.5 Å². The van der Waals surface area contributed by atoms with E-state index in [-0.39, 0.29) is 29.7 Å². The van der Waals surface area contributed by atoms with E-state index >= 15 is 0 Å². The van der Waals surface area contributed by atoms with E-state index in [1.165, 1.54) is 12.1 Å². The lowest BCUT2D eigenvalue weighted by atomic mass is 10.1. The molecule has 1 atom stereocenters. The first-order valence-corrected chi connectivity index (χ1v) is 11.3. The lowest BCUT2D eigenvalue weighted by Gasteiger charge is -2.26. The molecule has 0 aliphatic heterocycles. The van der Waals surface area contributed by atoms with Gasteiger partial charge in [0.15, 0.2) is 21.2 Å². The maximum absolute atomic E-state index is 13.2. The molecule has 150 valence electrons. The van der Waals surface area contributed by atoms with Crippen molar-refractivity contribution >= 4 is 37.6 Å². The normalized spacial score (nSPS) is 17.5. The van der Waals surface area contributed by atoms with Gasteiger partial charge in [-0.25, -0.2) is 8.42 Å². The Bertz CT molecular complexity index is 783. The Kier molecular flexibility index (Phi) is 7.08. The zero-order chi connectivity index (χ0) is 20.2. The summed E-state index contributed by atoms with van der Waals surface area (Å²) < 4.78 is 30.7. The maximum atomic E-state index is 13.2. The smallest absolute Gasteiger partial charge is 0.328 e. The second kappa shape index (κ2) is 8.73. The SMILES string of the molecule is CC(C)C(C)NC(=O)COC(=O)C1(S(=O)(=O)c2ccc(Br)cc2)CCCC1. The van der Waals surface area contributed by atoms with Crippen molar-refractivity contribution in [3.8, 4) is 0 Å². The van der Waals surface area contributed by atoms with Crippen LogP contribution in [0.25, 0.3) is 0 Å². The summed E-state index contributed by atoms with van der Waals surface area (Å²) in [6, 6.07) is 6.14. The van der Waals surface area contributed by atoms with E-state index in [1.807, 2.05) is 20.8 Å². The van der Waals surface area contributed by atoms with Crippen LogP contribution in [0.1, 0.15) is 46.5 Å². The lowest BCUT2D eigenvalue weighted by molar-refractivity contribution is -0.151. The van der Waals surface area contributed by atoms with Crippen LogP contribution < -0.4 is 5.32 Å².